The predicted octanol–water partition coefficient (Wildman–Crippen LogP) is 5.97. The fourth-order valence-corrected chi connectivity index (χ4v) is 3.94. The van der Waals surface area contributed by atoms with Crippen LogP contribution in [0.5, 0.6) is 5.75 Å². The van der Waals surface area contributed by atoms with Crippen molar-refractivity contribution in [2.24, 2.45) is 0 Å². The molecule has 0 saturated carbocycles. The van der Waals surface area contributed by atoms with E-state index in [1.807, 2.05) is 67.6 Å². The minimum absolute atomic E-state index is 0.427. The Morgan fingerprint density at radius 3 is 2.07 bits per heavy atom. The molecule has 0 amide bonds. The number of hydrogen-bond donors (Lipinski definition) is 2. The third-order valence-corrected chi connectivity index (χ3v) is 5.36. The lowest BCUT2D eigenvalue weighted by Crippen LogP contribution is -2.24. The average molecular weight is 429 g/mol. The third kappa shape index (κ3) is 4.30. The molecule has 0 aliphatic rings. The summed E-state index contributed by atoms with van der Waals surface area (Å²) in [4.78, 5) is 0. The van der Waals surface area contributed by atoms with Crippen molar-refractivity contribution in [2.75, 3.05) is 18.5 Å². The molecule has 0 radical (unpaired) electrons. The third-order valence-electron chi connectivity index (χ3n) is 4.89. The molecule has 4 aromatic rings. The van der Waals surface area contributed by atoms with E-state index >= 15 is 0 Å². The molecule has 0 unspecified atom stereocenters. The van der Waals surface area contributed by atoms with Gasteiger partial charge in [-0.1, -0.05) is 23.2 Å². The average Bonchev–Trinajstić information content (AvgIpc) is 3.00. The van der Waals surface area contributed by atoms with Gasteiger partial charge in [0.05, 0.1) is 19.3 Å². The molecule has 4 nitrogen and oxygen atoms in total. The fourth-order valence-electron chi connectivity index (χ4n) is 3.59. The van der Waals surface area contributed by atoms with Crippen LogP contribution in [-0.4, -0.2) is 28.9 Å². The Kier molecular flexibility index (Phi) is 5.86. The quantitative estimate of drug-likeness (QED) is 0.380. The van der Waals surface area contributed by atoms with Gasteiger partial charge in [-0.05, 0) is 67.6 Å². The maximum atomic E-state index is 10.7. The molecule has 0 fully saturated rings. The molecule has 1 atom stereocenters. The van der Waals surface area contributed by atoms with Gasteiger partial charge >= 0.3 is 0 Å². The maximum Gasteiger partial charge on any atom is 0.119 e. The molecular weight excluding hydrogens is 407 g/mol. The Morgan fingerprint density at radius 1 is 0.931 bits per heavy atom. The number of hydrogen-bond acceptors (Lipinski definition) is 3. The number of nitrogens with zero attached hydrogens (tertiary/aromatic N) is 1. The first-order chi connectivity index (χ1) is 14.0. The van der Waals surface area contributed by atoms with Crippen LogP contribution in [0.4, 0.5) is 5.69 Å². The van der Waals surface area contributed by atoms with E-state index in [0.717, 1.165) is 33.2 Å². The standard InChI is InChI=1S/C23H22Cl2N2O2/c1-2-29-19-7-5-17(6-8-19)26-13-18(28)14-27-22-9-3-15(24)11-20(22)21-12-16(25)4-10-23(21)27/h3-12,18,26,28H,2,13-14H2,1H3/t18-/m0/s1. The van der Waals surface area contributed by atoms with Crippen LogP contribution in [0.1, 0.15) is 6.92 Å². The normalized spacial score (nSPS) is 12.4. The van der Waals surface area contributed by atoms with E-state index < -0.39 is 6.10 Å². The zero-order chi connectivity index (χ0) is 20.4. The Balaban J connectivity index is 1.55. The molecule has 0 aliphatic heterocycles. The van der Waals surface area contributed by atoms with E-state index in [-0.39, 0.29) is 0 Å². The highest BCUT2D eigenvalue weighted by Crippen LogP contribution is 2.33. The zero-order valence-electron chi connectivity index (χ0n) is 16.0. The summed E-state index contributed by atoms with van der Waals surface area (Å²) in [6.45, 7) is 3.48. The molecule has 0 saturated heterocycles. The lowest BCUT2D eigenvalue weighted by atomic mass is 10.1. The van der Waals surface area contributed by atoms with E-state index in [1.54, 1.807) is 0 Å². The van der Waals surface area contributed by atoms with E-state index in [2.05, 4.69) is 9.88 Å². The smallest absolute Gasteiger partial charge is 0.119 e. The number of nitrogens with one attached hydrogen (secondary N) is 1. The van der Waals surface area contributed by atoms with Crippen molar-refractivity contribution in [2.45, 2.75) is 19.6 Å². The van der Waals surface area contributed by atoms with Crippen molar-refractivity contribution in [3.8, 4) is 5.75 Å². The number of ether oxygens (including phenoxy) is 1. The van der Waals surface area contributed by atoms with Crippen molar-refractivity contribution >= 4 is 50.7 Å². The van der Waals surface area contributed by atoms with Gasteiger partial charge in [-0.25, -0.2) is 0 Å². The number of aromatic nitrogens is 1. The van der Waals surface area contributed by atoms with Crippen molar-refractivity contribution in [1.82, 2.24) is 4.57 Å². The Bertz CT molecular complexity index is 1080. The molecule has 150 valence electrons. The van der Waals surface area contributed by atoms with Gasteiger partial charge in [0, 0.05) is 44.1 Å². The Morgan fingerprint density at radius 2 is 1.52 bits per heavy atom. The number of fused-ring (bicyclic) bond motifs is 3. The molecular formula is C23H22Cl2N2O2. The molecule has 2 N–H and O–H groups in total. The summed E-state index contributed by atoms with van der Waals surface area (Å²) in [7, 11) is 0. The number of aliphatic hydroxyl groups is 1. The van der Waals surface area contributed by atoms with Gasteiger partial charge in [0.25, 0.3) is 0 Å². The van der Waals surface area contributed by atoms with E-state index in [9.17, 15) is 5.11 Å². The van der Waals surface area contributed by atoms with Gasteiger partial charge in [0.1, 0.15) is 5.75 Å². The van der Waals surface area contributed by atoms with Crippen LogP contribution in [0.3, 0.4) is 0 Å². The molecule has 3 aromatic carbocycles. The number of halogens is 2. The minimum Gasteiger partial charge on any atom is -0.494 e. The zero-order valence-corrected chi connectivity index (χ0v) is 17.5. The summed E-state index contributed by atoms with van der Waals surface area (Å²) < 4.78 is 7.57. The fraction of sp³-hybridized carbons (Fsp3) is 0.217. The summed E-state index contributed by atoms with van der Waals surface area (Å²) in [6.07, 6.45) is -0.577. The monoisotopic (exact) mass is 428 g/mol. The summed E-state index contributed by atoms with van der Waals surface area (Å²) in [5.74, 6) is 0.834. The van der Waals surface area contributed by atoms with Gasteiger partial charge in [-0.3, -0.25) is 0 Å². The van der Waals surface area contributed by atoms with Crippen LogP contribution in [0.2, 0.25) is 10.0 Å². The summed E-state index contributed by atoms with van der Waals surface area (Å²) in [5.41, 5.74) is 2.98. The summed E-state index contributed by atoms with van der Waals surface area (Å²) in [5, 5.41) is 17.4. The second-order valence-electron chi connectivity index (χ2n) is 6.93. The second kappa shape index (κ2) is 8.54. The van der Waals surface area contributed by atoms with E-state index in [4.69, 9.17) is 27.9 Å². The van der Waals surface area contributed by atoms with E-state index in [0.29, 0.717) is 29.7 Å². The molecule has 1 heterocycles. The topological polar surface area (TPSA) is 46.4 Å². The molecule has 0 spiro atoms. The molecule has 4 rings (SSSR count). The van der Waals surface area contributed by atoms with Gasteiger partial charge < -0.3 is 19.7 Å². The van der Waals surface area contributed by atoms with Crippen LogP contribution >= 0.6 is 23.2 Å². The first-order valence-corrected chi connectivity index (χ1v) is 10.3. The summed E-state index contributed by atoms with van der Waals surface area (Å²) in [6, 6.07) is 19.3. The molecule has 0 aliphatic carbocycles. The highest BCUT2D eigenvalue weighted by atomic mass is 35.5. The SMILES string of the molecule is CCOc1ccc(NC[C@H](O)Cn2c3ccc(Cl)cc3c3cc(Cl)ccc32)cc1. The predicted molar refractivity (Wildman–Crippen MR) is 122 cm³/mol. The molecule has 29 heavy (non-hydrogen) atoms. The number of aliphatic hydroxyl groups excluding tert-OH is 1. The van der Waals surface area contributed by atoms with Crippen LogP contribution in [0.25, 0.3) is 21.8 Å². The molecule has 1 aromatic heterocycles. The number of rotatable bonds is 7. The summed E-state index contributed by atoms with van der Waals surface area (Å²) >= 11 is 12.4. The van der Waals surface area contributed by atoms with Crippen LogP contribution in [-0.2, 0) is 6.54 Å². The van der Waals surface area contributed by atoms with Crippen LogP contribution in [0, 0.1) is 0 Å². The highest BCUT2D eigenvalue weighted by Gasteiger charge is 2.14. The van der Waals surface area contributed by atoms with Crippen molar-refractivity contribution in [1.29, 1.82) is 0 Å². The molecule has 0 bridgehead atoms. The van der Waals surface area contributed by atoms with Gasteiger partial charge in [0.15, 0.2) is 0 Å². The number of anilines is 1. The van der Waals surface area contributed by atoms with Crippen molar-refractivity contribution < 1.29 is 9.84 Å². The Hall–Kier alpha value is -2.40. The van der Waals surface area contributed by atoms with Crippen LogP contribution < -0.4 is 10.1 Å². The Labute approximate surface area is 179 Å². The van der Waals surface area contributed by atoms with Crippen molar-refractivity contribution in [3.05, 3.63) is 70.7 Å². The van der Waals surface area contributed by atoms with Gasteiger partial charge in [-0.15, -0.1) is 0 Å². The second-order valence-corrected chi connectivity index (χ2v) is 7.80. The largest absolute Gasteiger partial charge is 0.494 e. The van der Waals surface area contributed by atoms with Crippen molar-refractivity contribution in [3.63, 3.8) is 0 Å². The first kappa shape index (κ1) is 19.9. The minimum atomic E-state index is -0.577. The maximum absolute atomic E-state index is 10.7. The lowest BCUT2D eigenvalue weighted by molar-refractivity contribution is 0.169. The van der Waals surface area contributed by atoms with Gasteiger partial charge in [0.2, 0.25) is 0 Å². The van der Waals surface area contributed by atoms with Gasteiger partial charge in [-0.2, -0.15) is 0 Å². The van der Waals surface area contributed by atoms with Crippen LogP contribution in [0.15, 0.2) is 60.7 Å². The highest BCUT2D eigenvalue weighted by molar-refractivity contribution is 6.33. The number of benzene rings is 3. The first-order valence-electron chi connectivity index (χ1n) is 9.57. The molecule has 6 heteroatoms. The lowest BCUT2D eigenvalue weighted by Gasteiger charge is -2.16. The van der Waals surface area contributed by atoms with E-state index in [1.165, 1.54) is 0 Å².